The molecule has 0 aromatic heterocycles. The molecule has 0 bridgehead atoms. The Bertz CT molecular complexity index is 566. The minimum absolute atomic E-state index is 0.00227. The summed E-state index contributed by atoms with van der Waals surface area (Å²) in [5, 5.41) is 0.700. The molecule has 2 aromatic rings. The zero-order valence-corrected chi connectivity index (χ0v) is 12.8. The number of benzene rings is 2. The van der Waals surface area contributed by atoms with Crippen molar-refractivity contribution in [3.05, 3.63) is 69.2 Å². The van der Waals surface area contributed by atoms with E-state index in [2.05, 4.69) is 15.9 Å². The fraction of sp³-hybridized carbons (Fsp3) is 0.133. The van der Waals surface area contributed by atoms with Crippen molar-refractivity contribution in [2.45, 2.75) is 6.54 Å². The van der Waals surface area contributed by atoms with E-state index in [1.807, 2.05) is 48.5 Å². The molecule has 19 heavy (non-hydrogen) atoms. The Kier molecular flexibility index (Phi) is 4.61. The molecule has 4 heteroatoms. The third-order valence-electron chi connectivity index (χ3n) is 2.77. The van der Waals surface area contributed by atoms with Gasteiger partial charge in [0, 0.05) is 28.7 Å². The predicted molar refractivity (Wildman–Crippen MR) is 81.4 cm³/mol. The second-order valence-electron chi connectivity index (χ2n) is 4.29. The van der Waals surface area contributed by atoms with E-state index < -0.39 is 0 Å². The van der Waals surface area contributed by atoms with Crippen molar-refractivity contribution in [2.24, 2.45) is 0 Å². The third-order valence-corrected chi connectivity index (χ3v) is 3.55. The van der Waals surface area contributed by atoms with Crippen LogP contribution in [0.15, 0.2) is 53.0 Å². The first-order chi connectivity index (χ1) is 9.06. The fourth-order valence-electron chi connectivity index (χ4n) is 1.75. The van der Waals surface area contributed by atoms with Gasteiger partial charge in [0.1, 0.15) is 0 Å². The molecule has 0 atom stereocenters. The summed E-state index contributed by atoms with van der Waals surface area (Å²) in [4.78, 5) is 13.9. The predicted octanol–water partition coefficient (Wildman–Crippen LogP) is 4.37. The molecule has 0 saturated heterocycles. The second kappa shape index (κ2) is 6.22. The van der Waals surface area contributed by atoms with Crippen LogP contribution in [-0.4, -0.2) is 17.9 Å². The summed E-state index contributed by atoms with van der Waals surface area (Å²) in [6.07, 6.45) is 0. The van der Waals surface area contributed by atoms with Crippen LogP contribution in [-0.2, 0) is 6.54 Å². The van der Waals surface area contributed by atoms with Gasteiger partial charge in [-0.3, -0.25) is 4.79 Å². The normalized spacial score (nSPS) is 10.3. The molecule has 2 nitrogen and oxygen atoms in total. The number of nitrogens with zero attached hydrogens (tertiary/aromatic N) is 1. The number of carbonyl (C=O) groups excluding carboxylic acids is 1. The van der Waals surface area contributed by atoms with Gasteiger partial charge in [-0.1, -0.05) is 39.7 Å². The van der Waals surface area contributed by atoms with Gasteiger partial charge in [0.2, 0.25) is 0 Å². The van der Waals surface area contributed by atoms with Crippen LogP contribution in [0.5, 0.6) is 0 Å². The van der Waals surface area contributed by atoms with E-state index in [4.69, 9.17) is 11.6 Å². The summed E-state index contributed by atoms with van der Waals surface area (Å²) in [5.74, 6) is 0.00227. The molecule has 0 fully saturated rings. The van der Waals surface area contributed by atoms with E-state index in [-0.39, 0.29) is 5.91 Å². The lowest BCUT2D eigenvalue weighted by atomic mass is 10.1. The first-order valence-corrected chi connectivity index (χ1v) is 6.99. The monoisotopic (exact) mass is 337 g/mol. The standard InChI is InChI=1S/C15H13BrClNO/c1-18(10-11-2-8-14(17)9-3-11)15(19)12-4-6-13(16)7-5-12/h2-9H,10H2,1H3. The summed E-state index contributed by atoms with van der Waals surface area (Å²) in [7, 11) is 1.79. The van der Waals surface area contributed by atoms with Crippen LogP contribution in [0.2, 0.25) is 5.02 Å². The quantitative estimate of drug-likeness (QED) is 0.813. The summed E-state index contributed by atoms with van der Waals surface area (Å²) in [6, 6.07) is 14.9. The van der Waals surface area contributed by atoms with E-state index in [1.165, 1.54) is 0 Å². The summed E-state index contributed by atoms with van der Waals surface area (Å²) >= 11 is 9.19. The Morgan fingerprint density at radius 2 is 1.68 bits per heavy atom. The van der Waals surface area contributed by atoms with E-state index in [0.717, 1.165) is 10.0 Å². The van der Waals surface area contributed by atoms with Crippen LogP contribution < -0.4 is 0 Å². The molecule has 0 spiro atoms. The highest BCUT2D eigenvalue weighted by Crippen LogP contribution is 2.14. The molecule has 0 aliphatic carbocycles. The zero-order valence-electron chi connectivity index (χ0n) is 10.4. The van der Waals surface area contributed by atoms with Crippen LogP contribution >= 0.6 is 27.5 Å². The topological polar surface area (TPSA) is 20.3 Å². The summed E-state index contributed by atoms with van der Waals surface area (Å²) in [5.41, 5.74) is 1.73. The average Bonchev–Trinajstić information content (AvgIpc) is 2.41. The number of halogens is 2. The molecule has 0 saturated carbocycles. The van der Waals surface area contributed by atoms with E-state index >= 15 is 0 Å². The fourth-order valence-corrected chi connectivity index (χ4v) is 2.14. The van der Waals surface area contributed by atoms with Crippen molar-refractivity contribution in [3.8, 4) is 0 Å². The van der Waals surface area contributed by atoms with Crippen LogP contribution in [0.25, 0.3) is 0 Å². The minimum Gasteiger partial charge on any atom is -0.337 e. The Balaban J connectivity index is 2.07. The summed E-state index contributed by atoms with van der Waals surface area (Å²) in [6.45, 7) is 0.562. The maximum atomic E-state index is 12.2. The Hall–Kier alpha value is -1.32. The van der Waals surface area contributed by atoms with Crippen LogP contribution in [0.1, 0.15) is 15.9 Å². The number of amides is 1. The molecule has 1 amide bonds. The molecule has 0 N–H and O–H groups in total. The lowest BCUT2D eigenvalue weighted by Gasteiger charge is -2.17. The third kappa shape index (κ3) is 3.82. The lowest BCUT2D eigenvalue weighted by Crippen LogP contribution is -2.26. The largest absolute Gasteiger partial charge is 0.337 e. The highest BCUT2D eigenvalue weighted by atomic mass is 79.9. The maximum Gasteiger partial charge on any atom is 0.253 e. The van der Waals surface area contributed by atoms with Crippen molar-refractivity contribution in [2.75, 3.05) is 7.05 Å². The molecular weight excluding hydrogens is 326 g/mol. The van der Waals surface area contributed by atoms with Gasteiger partial charge in [-0.2, -0.15) is 0 Å². The van der Waals surface area contributed by atoms with Crippen molar-refractivity contribution in [1.29, 1.82) is 0 Å². The number of rotatable bonds is 3. The highest BCUT2D eigenvalue weighted by molar-refractivity contribution is 9.10. The van der Waals surface area contributed by atoms with Crippen LogP contribution in [0, 0.1) is 0 Å². The molecule has 0 aliphatic rings. The van der Waals surface area contributed by atoms with Gasteiger partial charge >= 0.3 is 0 Å². The molecule has 0 aliphatic heterocycles. The van der Waals surface area contributed by atoms with Gasteiger partial charge in [0.05, 0.1) is 0 Å². The SMILES string of the molecule is CN(Cc1ccc(Cl)cc1)C(=O)c1ccc(Br)cc1. The molecule has 98 valence electrons. The molecule has 2 rings (SSSR count). The van der Waals surface area contributed by atoms with Gasteiger partial charge in [0.25, 0.3) is 5.91 Å². The van der Waals surface area contributed by atoms with Crippen molar-refractivity contribution < 1.29 is 4.79 Å². The van der Waals surface area contributed by atoms with Gasteiger partial charge < -0.3 is 4.90 Å². The summed E-state index contributed by atoms with van der Waals surface area (Å²) < 4.78 is 0.962. The first kappa shape index (κ1) is 14.1. The van der Waals surface area contributed by atoms with E-state index in [0.29, 0.717) is 17.1 Å². The molecule has 0 heterocycles. The highest BCUT2D eigenvalue weighted by Gasteiger charge is 2.11. The van der Waals surface area contributed by atoms with Gasteiger partial charge in [0.15, 0.2) is 0 Å². The molecule has 0 unspecified atom stereocenters. The average molecular weight is 339 g/mol. The van der Waals surface area contributed by atoms with Gasteiger partial charge in [-0.15, -0.1) is 0 Å². The molecular formula is C15H13BrClNO. The molecule has 2 aromatic carbocycles. The number of hydrogen-bond acceptors (Lipinski definition) is 1. The lowest BCUT2D eigenvalue weighted by molar-refractivity contribution is 0.0785. The maximum absolute atomic E-state index is 12.2. The Labute approximate surface area is 126 Å². The number of carbonyl (C=O) groups is 1. The van der Waals surface area contributed by atoms with Crippen molar-refractivity contribution >= 4 is 33.4 Å². The smallest absolute Gasteiger partial charge is 0.253 e. The van der Waals surface area contributed by atoms with Crippen molar-refractivity contribution in [1.82, 2.24) is 4.90 Å². The van der Waals surface area contributed by atoms with Crippen LogP contribution in [0.4, 0.5) is 0 Å². The number of hydrogen-bond donors (Lipinski definition) is 0. The van der Waals surface area contributed by atoms with Crippen LogP contribution in [0.3, 0.4) is 0 Å². The van der Waals surface area contributed by atoms with E-state index in [9.17, 15) is 4.79 Å². The first-order valence-electron chi connectivity index (χ1n) is 5.82. The Morgan fingerprint density at radius 3 is 2.26 bits per heavy atom. The van der Waals surface area contributed by atoms with Gasteiger partial charge in [-0.25, -0.2) is 0 Å². The second-order valence-corrected chi connectivity index (χ2v) is 5.65. The van der Waals surface area contributed by atoms with Crippen molar-refractivity contribution in [3.63, 3.8) is 0 Å². The minimum atomic E-state index is 0.00227. The Morgan fingerprint density at radius 1 is 1.11 bits per heavy atom. The van der Waals surface area contributed by atoms with Gasteiger partial charge in [-0.05, 0) is 42.0 Å². The molecule has 0 radical (unpaired) electrons. The zero-order chi connectivity index (χ0) is 13.8. The van der Waals surface area contributed by atoms with E-state index in [1.54, 1.807) is 11.9 Å².